The lowest BCUT2D eigenvalue weighted by atomic mass is 10.3. The van der Waals surface area contributed by atoms with Gasteiger partial charge in [0.2, 0.25) is 0 Å². The van der Waals surface area contributed by atoms with Crippen LogP contribution in [0.3, 0.4) is 0 Å². The number of hydrogen-bond donors (Lipinski definition) is 0. The van der Waals surface area contributed by atoms with E-state index in [1.54, 1.807) is 60.7 Å². The summed E-state index contributed by atoms with van der Waals surface area (Å²) in [7, 11) is -7.79. The molecule has 0 radical (unpaired) electrons. The highest BCUT2D eigenvalue weighted by Crippen LogP contribution is 2.20. The third-order valence-corrected chi connectivity index (χ3v) is 8.64. The minimum atomic E-state index is -3.89. The van der Waals surface area contributed by atoms with E-state index in [4.69, 9.17) is 9.05 Å². The molecule has 0 saturated carbocycles. The van der Waals surface area contributed by atoms with Gasteiger partial charge in [-0.3, -0.25) is 0 Å². The topological polar surface area (TPSA) is 139 Å². The molecule has 0 aliphatic rings. The van der Waals surface area contributed by atoms with Crippen molar-refractivity contribution in [3.05, 3.63) is 130 Å². The van der Waals surface area contributed by atoms with Crippen molar-refractivity contribution in [3.8, 4) is 0 Å². The first-order valence-corrected chi connectivity index (χ1v) is 13.9. The predicted molar refractivity (Wildman–Crippen MR) is 139 cm³/mol. The number of fused-ring (bicyclic) bond motifs is 2. The fraction of sp³-hybridized carbons (Fsp3) is 0. The molecule has 0 saturated heterocycles. The van der Waals surface area contributed by atoms with Gasteiger partial charge in [0.1, 0.15) is 11.0 Å². The molecule has 0 amide bonds. The third kappa shape index (κ3) is 4.35. The van der Waals surface area contributed by atoms with Gasteiger partial charge in [0.15, 0.2) is 0 Å². The second kappa shape index (κ2) is 9.65. The van der Waals surface area contributed by atoms with Gasteiger partial charge in [-0.25, -0.2) is 9.59 Å². The van der Waals surface area contributed by atoms with Gasteiger partial charge < -0.3 is 9.05 Å². The molecule has 192 valence electrons. The van der Waals surface area contributed by atoms with Crippen molar-refractivity contribution in [2.75, 3.05) is 0 Å². The first kappa shape index (κ1) is 25.0. The van der Waals surface area contributed by atoms with Crippen molar-refractivity contribution < 1.29 is 25.9 Å². The second-order valence-corrected chi connectivity index (χ2v) is 11.4. The molecular weight excluding hydrogens is 532 g/mol. The zero-order valence-electron chi connectivity index (χ0n) is 19.4. The number of para-hydroxylation sites is 2. The first-order valence-electron chi connectivity index (χ1n) is 11.0. The Balaban J connectivity index is 0.000000155. The SMILES string of the molecule is O=c1on(S(=O)(=O)c2ccccc2)c2ccccc12.O=c1on(S(=O)(=O)c2ccccc2)c2ccccc12. The molecule has 0 bridgehead atoms. The molecule has 0 aliphatic carbocycles. The number of aromatic nitrogens is 2. The van der Waals surface area contributed by atoms with Gasteiger partial charge in [0, 0.05) is 0 Å². The van der Waals surface area contributed by atoms with Crippen molar-refractivity contribution in [2.24, 2.45) is 0 Å². The summed E-state index contributed by atoms with van der Waals surface area (Å²) in [5, 5.41) is 0.476. The zero-order valence-corrected chi connectivity index (χ0v) is 21.0. The van der Waals surface area contributed by atoms with Gasteiger partial charge in [0.05, 0.1) is 20.6 Å². The maximum Gasteiger partial charge on any atom is 0.366 e. The average molecular weight is 551 g/mol. The van der Waals surface area contributed by atoms with Crippen LogP contribution in [-0.4, -0.2) is 25.1 Å². The van der Waals surface area contributed by atoms with Gasteiger partial charge in [-0.15, -0.1) is 0 Å². The van der Waals surface area contributed by atoms with E-state index in [1.165, 1.54) is 48.5 Å². The highest BCUT2D eigenvalue weighted by molar-refractivity contribution is 7.90. The molecular formula is C26H18N2O8S2. The summed E-state index contributed by atoms with van der Waals surface area (Å²) in [6, 6.07) is 28.4. The summed E-state index contributed by atoms with van der Waals surface area (Å²) in [5.74, 6) is 0. The van der Waals surface area contributed by atoms with Crippen molar-refractivity contribution in [1.82, 2.24) is 8.29 Å². The third-order valence-electron chi connectivity index (χ3n) is 5.49. The molecule has 10 nitrogen and oxygen atoms in total. The minimum absolute atomic E-state index is 0.0690. The lowest BCUT2D eigenvalue weighted by molar-refractivity contribution is 0.351. The Morgan fingerprint density at radius 1 is 0.447 bits per heavy atom. The Bertz CT molecular complexity index is 1940. The molecule has 6 rings (SSSR count). The highest BCUT2D eigenvalue weighted by Gasteiger charge is 2.23. The number of rotatable bonds is 4. The van der Waals surface area contributed by atoms with Crippen molar-refractivity contribution in [2.45, 2.75) is 9.79 Å². The Hall–Kier alpha value is -4.68. The second-order valence-electron chi connectivity index (χ2n) is 7.88. The van der Waals surface area contributed by atoms with Crippen LogP contribution in [0.15, 0.2) is 138 Å². The Morgan fingerprint density at radius 2 is 0.763 bits per heavy atom. The van der Waals surface area contributed by atoms with E-state index < -0.39 is 31.3 Å². The largest absolute Gasteiger partial charge is 0.366 e. The molecule has 0 atom stereocenters. The molecule has 0 N–H and O–H groups in total. The standard InChI is InChI=1S/2C13H9NO4S/c2*15-13-11-8-4-5-9-12(11)14(18-13)19(16,17)10-6-2-1-3-7-10/h2*1-9H. The molecule has 0 unspecified atom stereocenters. The molecule has 0 spiro atoms. The Morgan fingerprint density at radius 3 is 1.13 bits per heavy atom. The summed E-state index contributed by atoms with van der Waals surface area (Å²) in [5.41, 5.74) is -0.877. The van der Waals surface area contributed by atoms with Crippen LogP contribution in [0, 0.1) is 0 Å². The van der Waals surface area contributed by atoms with E-state index in [2.05, 4.69) is 0 Å². The van der Waals surface area contributed by atoms with Gasteiger partial charge in [0.25, 0.3) is 20.0 Å². The van der Waals surface area contributed by atoms with E-state index in [1.807, 2.05) is 0 Å². The smallest absolute Gasteiger partial charge is 0.320 e. The van der Waals surface area contributed by atoms with Crippen LogP contribution in [0.5, 0.6) is 0 Å². The summed E-state index contributed by atoms with van der Waals surface area (Å²) >= 11 is 0. The molecule has 12 heteroatoms. The van der Waals surface area contributed by atoms with Gasteiger partial charge in [-0.1, -0.05) is 69.0 Å². The van der Waals surface area contributed by atoms with Crippen LogP contribution >= 0.6 is 0 Å². The average Bonchev–Trinajstić information content (AvgIpc) is 3.48. The quantitative estimate of drug-likeness (QED) is 0.324. The van der Waals surface area contributed by atoms with Crippen LogP contribution in [0.4, 0.5) is 0 Å². The minimum Gasteiger partial charge on any atom is -0.320 e. The molecule has 0 fully saturated rings. The monoisotopic (exact) mass is 550 g/mol. The molecule has 4 aromatic carbocycles. The lowest BCUT2D eigenvalue weighted by Crippen LogP contribution is -2.12. The Labute approximate surface area is 215 Å². The maximum absolute atomic E-state index is 12.4. The molecule has 2 heterocycles. The van der Waals surface area contributed by atoms with Gasteiger partial charge >= 0.3 is 11.3 Å². The molecule has 0 aliphatic heterocycles. The van der Waals surface area contributed by atoms with Gasteiger partial charge in [-0.05, 0) is 48.5 Å². The first-order chi connectivity index (χ1) is 18.2. The molecule has 38 heavy (non-hydrogen) atoms. The lowest BCUT2D eigenvalue weighted by Gasteiger charge is -2.04. The number of benzene rings is 4. The zero-order chi connectivity index (χ0) is 26.9. The normalized spacial score (nSPS) is 11.8. The summed E-state index contributed by atoms with van der Waals surface area (Å²) < 4.78 is 60.6. The summed E-state index contributed by atoms with van der Waals surface area (Å²) in [6.07, 6.45) is 0. The van der Waals surface area contributed by atoms with Crippen LogP contribution in [0.25, 0.3) is 21.8 Å². The summed E-state index contributed by atoms with van der Waals surface area (Å²) in [4.78, 5) is 23.4. The highest BCUT2D eigenvalue weighted by atomic mass is 32.2. The molecule has 6 aromatic rings. The van der Waals surface area contributed by atoms with Crippen molar-refractivity contribution >= 4 is 41.9 Å². The number of hydrogen-bond acceptors (Lipinski definition) is 8. The fourth-order valence-corrected chi connectivity index (χ4v) is 6.24. The van der Waals surface area contributed by atoms with E-state index in [0.717, 1.165) is 0 Å². The van der Waals surface area contributed by atoms with Crippen LogP contribution in [0.1, 0.15) is 0 Å². The van der Waals surface area contributed by atoms with Crippen LogP contribution in [-0.2, 0) is 20.0 Å². The fourth-order valence-electron chi connectivity index (χ4n) is 3.69. The summed E-state index contributed by atoms with van der Waals surface area (Å²) in [6.45, 7) is 0. The van der Waals surface area contributed by atoms with E-state index in [-0.39, 0.29) is 31.6 Å². The van der Waals surface area contributed by atoms with E-state index in [0.29, 0.717) is 8.29 Å². The van der Waals surface area contributed by atoms with Crippen LogP contribution in [0.2, 0.25) is 0 Å². The van der Waals surface area contributed by atoms with E-state index >= 15 is 0 Å². The number of nitrogens with zero attached hydrogens (tertiary/aromatic N) is 2. The van der Waals surface area contributed by atoms with Crippen molar-refractivity contribution in [1.29, 1.82) is 0 Å². The Kier molecular flexibility index (Phi) is 6.35. The maximum atomic E-state index is 12.4. The van der Waals surface area contributed by atoms with Crippen LogP contribution < -0.4 is 11.3 Å². The predicted octanol–water partition coefficient (Wildman–Crippen LogP) is 3.66. The van der Waals surface area contributed by atoms with E-state index in [9.17, 15) is 26.4 Å². The molecule has 2 aromatic heterocycles. The van der Waals surface area contributed by atoms with Crippen molar-refractivity contribution in [3.63, 3.8) is 0 Å². The van der Waals surface area contributed by atoms with Gasteiger partial charge in [-0.2, -0.15) is 16.8 Å².